The molecule has 1 aromatic carbocycles. The Hall–Kier alpha value is -0.870. The largest absolute Gasteiger partial charge is 0.340 e. The van der Waals surface area contributed by atoms with Gasteiger partial charge >= 0.3 is 0 Å². The molecule has 0 spiro atoms. The van der Waals surface area contributed by atoms with Gasteiger partial charge in [0, 0.05) is 24.1 Å². The van der Waals surface area contributed by atoms with E-state index >= 15 is 0 Å². The molecule has 4 heteroatoms. The summed E-state index contributed by atoms with van der Waals surface area (Å²) in [5.74, 6) is 0.955. The maximum absolute atomic E-state index is 12.6. The van der Waals surface area contributed by atoms with E-state index in [1.165, 1.54) is 25.7 Å². The monoisotopic (exact) mass is 350 g/mol. The summed E-state index contributed by atoms with van der Waals surface area (Å²) < 4.78 is 1.06. The van der Waals surface area contributed by atoms with Gasteiger partial charge in [-0.15, -0.1) is 0 Å². The van der Waals surface area contributed by atoms with E-state index < -0.39 is 0 Å². The van der Waals surface area contributed by atoms with Crippen LogP contribution in [0.3, 0.4) is 0 Å². The van der Waals surface area contributed by atoms with Crippen molar-refractivity contribution in [3.8, 4) is 0 Å². The van der Waals surface area contributed by atoms with Crippen molar-refractivity contribution >= 4 is 21.8 Å². The van der Waals surface area contributed by atoms with Crippen LogP contribution in [-0.2, 0) is 11.3 Å². The number of hydrogen-bond donors (Lipinski definition) is 1. The van der Waals surface area contributed by atoms with Crippen molar-refractivity contribution in [1.82, 2.24) is 10.2 Å². The van der Waals surface area contributed by atoms with E-state index in [2.05, 4.69) is 33.4 Å². The van der Waals surface area contributed by atoms with Gasteiger partial charge in [-0.05, 0) is 42.9 Å². The van der Waals surface area contributed by atoms with E-state index in [-0.39, 0.29) is 11.9 Å². The summed E-state index contributed by atoms with van der Waals surface area (Å²) in [7, 11) is 1.91. The minimum Gasteiger partial charge on any atom is -0.340 e. The SMILES string of the molecule is CN(Cc1cccc(Br)c1)C(=O)C1CC2CCCCC2N1. The summed E-state index contributed by atoms with van der Waals surface area (Å²) >= 11 is 3.48. The number of benzene rings is 1. The summed E-state index contributed by atoms with van der Waals surface area (Å²) in [5.41, 5.74) is 1.16. The van der Waals surface area contributed by atoms with Crippen LogP contribution in [-0.4, -0.2) is 29.9 Å². The molecule has 2 aliphatic rings. The fourth-order valence-electron chi connectivity index (χ4n) is 3.76. The molecule has 3 nitrogen and oxygen atoms in total. The summed E-state index contributed by atoms with van der Waals surface area (Å²) in [4.78, 5) is 14.5. The normalized spacial score (nSPS) is 28.2. The van der Waals surface area contributed by atoms with Gasteiger partial charge in [-0.2, -0.15) is 0 Å². The average Bonchev–Trinajstić information content (AvgIpc) is 2.90. The minimum absolute atomic E-state index is 0.0234. The van der Waals surface area contributed by atoms with Crippen LogP contribution in [0.15, 0.2) is 28.7 Å². The molecule has 1 aliphatic carbocycles. The maximum Gasteiger partial charge on any atom is 0.239 e. The Balaban J connectivity index is 1.60. The molecule has 1 amide bonds. The number of hydrogen-bond acceptors (Lipinski definition) is 2. The van der Waals surface area contributed by atoms with Crippen molar-refractivity contribution in [2.24, 2.45) is 5.92 Å². The number of carbonyl (C=O) groups excluding carboxylic acids is 1. The first-order valence-corrected chi connectivity index (χ1v) is 8.68. The number of nitrogens with one attached hydrogen (secondary N) is 1. The number of amides is 1. The van der Waals surface area contributed by atoms with Crippen molar-refractivity contribution in [3.05, 3.63) is 34.3 Å². The topological polar surface area (TPSA) is 32.3 Å². The van der Waals surface area contributed by atoms with Gasteiger partial charge in [0.15, 0.2) is 0 Å². The highest BCUT2D eigenvalue weighted by Crippen LogP contribution is 2.33. The number of likely N-dealkylation sites (N-methyl/N-ethyl adjacent to an activating group) is 1. The Labute approximate surface area is 135 Å². The number of halogens is 1. The summed E-state index contributed by atoms with van der Waals surface area (Å²) in [6, 6.07) is 8.76. The lowest BCUT2D eigenvalue weighted by Crippen LogP contribution is -2.43. The number of carbonyl (C=O) groups is 1. The lowest BCUT2D eigenvalue weighted by Gasteiger charge is -2.24. The second kappa shape index (κ2) is 6.49. The third-order valence-electron chi connectivity index (χ3n) is 4.85. The zero-order valence-corrected chi connectivity index (χ0v) is 14.1. The predicted octanol–water partition coefficient (Wildman–Crippen LogP) is 3.33. The van der Waals surface area contributed by atoms with E-state index in [1.807, 2.05) is 24.1 Å². The van der Waals surface area contributed by atoms with E-state index in [4.69, 9.17) is 0 Å². The number of rotatable bonds is 3. The van der Waals surface area contributed by atoms with Crippen LogP contribution in [0.25, 0.3) is 0 Å². The lowest BCUT2D eigenvalue weighted by molar-refractivity contribution is -0.132. The number of nitrogens with zero attached hydrogens (tertiary/aromatic N) is 1. The Morgan fingerprint density at radius 3 is 2.95 bits per heavy atom. The highest BCUT2D eigenvalue weighted by atomic mass is 79.9. The molecule has 2 fully saturated rings. The molecule has 1 N–H and O–H groups in total. The van der Waals surface area contributed by atoms with E-state index in [1.54, 1.807) is 0 Å². The molecule has 0 radical (unpaired) electrons. The van der Waals surface area contributed by atoms with Crippen molar-refractivity contribution in [1.29, 1.82) is 0 Å². The summed E-state index contributed by atoms with van der Waals surface area (Å²) in [6.07, 6.45) is 6.19. The van der Waals surface area contributed by atoms with Crippen molar-refractivity contribution in [2.45, 2.75) is 50.7 Å². The summed E-state index contributed by atoms with van der Waals surface area (Å²) in [6.45, 7) is 0.672. The average molecular weight is 351 g/mol. The van der Waals surface area contributed by atoms with Gasteiger partial charge in [0.05, 0.1) is 6.04 Å². The van der Waals surface area contributed by atoms with Gasteiger partial charge in [0.1, 0.15) is 0 Å². The Bertz CT molecular complexity index is 505. The minimum atomic E-state index is 0.0234. The molecule has 3 atom stereocenters. The van der Waals surface area contributed by atoms with Crippen LogP contribution in [0.4, 0.5) is 0 Å². The molecule has 0 bridgehead atoms. The Morgan fingerprint density at radius 1 is 1.38 bits per heavy atom. The molecule has 1 aromatic rings. The molecule has 114 valence electrons. The second-order valence-corrected chi connectivity index (χ2v) is 7.35. The standard InChI is InChI=1S/C17H23BrN2O/c1-20(11-12-5-4-7-14(18)9-12)17(21)16-10-13-6-2-3-8-15(13)19-16/h4-5,7,9,13,15-16,19H,2-3,6,8,10-11H2,1H3. The Morgan fingerprint density at radius 2 is 2.19 bits per heavy atom. The van der Waals surface area contributed by atoms with Gasteiger partial charge in [-0.25, -0.2) is 0 Å². The quantitative estimate of drug-likeness (QED) is 0.906. The third-order valence-corrected chi connectivity index (χ3v) is 5.34. The first kappa shape index (κ1) is 15.0. The van der Waals surface area contributed by atoms with Crippen molar-refractivity contribution in [2.75, 3.05) is 7.05 Å². The maximum atomic E-state index is 12.6. The molecular formula is C17H23BrN2O. The van der Waals surface area contributed by atoms with Gasteiger partial charge in [0.25, 0.3) is 0 Å². The van der Waals surface area contributed by atoms with Gasteiger partial charge in [-0.3, -0.25) is 4.79 Å². The van der Waals surface area contributed by atoms with Crippen molar-refractivity contribution < 1.29 is 4.79 Å². The van der Waals surface area contributed by atoms with Gasteiger partial charge in [-0.1, -0.05) is 40.9 Å². The van der Waals surface area contributed by atoms with Crippen LogP contribution in [0.5, 0.6) is 0 Å². The van der Waals surface area contributed by atoms with E-state index in [0.717, 1.165) is 16.5 Å². The van der Waals surface area contributed by atoms with Gasteiger partial charge in [0.2, 0.25) is 5.91 Å². The van der Waals surface area contributed by atoms with Crippen LogP contribution in [0, 0.1) is 5.92 Å². The fraction of sp³-hybridized carbons (Fsp3) is 0.588. The molecule has 3 unspecified atom stereocenters. The first-order chi connectivity index (χ1) is 10.1. The summed E-state index contributed by atoms with van der Waals surface area (Å²) in [5, 5.41) is 3.57. The van der Waals surface area contributed by atoms with Crippen molar-refractivity contribution in [3.63, 3.8) is 0 Å². The Kier molecular flexibility index (Phi) is 4.65. The lowest BCUT2D eigenvalue weighted by atomic mass is 9.85. The fourth-order valence-corrected chi connectivity index (χ4v) is 4.21. The van der Waals surface area contributed by atoms with Crippen LogP contribution < -0.4 is 5.32 Å². The molecule has 1 saturated carbocycles. The number of fused-ring (bicyclic) bond motifs is 1. The molecule has 0 aromatic heterocycles. The van der Waals surface area contributed by atoms with Crippen LogP contribution >= 0.6 is 15.9 Å². The molecule has 1 heterocycles. The predicted molar refractivity (Wildman–Crippen MR) is 87.9 cm³/mol. The first-order valence-electron chi connectivity index (χ1n) is 7.89. The molecule has 1 saturated heterocycles. The zero-order chi connectivity index (χ0) is 14.8. The van der Waals surface area contributed by atoms with E-state index in [9.17, 15) is 4.79 Å². The van der Waals surface area contributed by atoms with E-state index in [0.29, 0.717) is 18.5 Å². The van der Waals surface area contributed by atoms with Crippen LogP contribution in [0.2, 0.25) is 0 Å². The smallest absolute Gasteiger partial charge is 0.239 e. The molecule has 1 aliphatic heterocycles. The van der Waals surface area contributed by atoms with Gasteiger partial charge < -0.3 is 10.2 Å². The third kappa shape index (κ3) is 3.49. The molecule has 21 heavy (non-hydrogen) atoms. The molecular weight excluding hydrogens is 328 g/mol. The second-order valence-electron chi connectivity index (χ2n) is 6.43. The zero-order valence-electron chi connectivity index (χ0n) is 12.5. The highest BCUT2D eigenvalue weighted by Gasteiger charge is 2.39. The molecule has 3 rings (SSSR count). The van der Waals surface area contributed by atoms with Crippen LogP contribution in [0.1, 0.15) is 37.7 Å². The highest BCUT2D eigenvalue weighted by molar-refractivity contribution is 9.10.